The third-order valence-electron chi connectivity index (χ3n) is 4.23. The summed E-state index contributed by atoms with van der Waals surface area (Å²) in [5, 5.41) is 4.21. The van der Waals surface area contributed by atoms with Crippen molar-refractivity contribution in [1.29, 1.82) is 0 Å². The van der Waals surface area contributed by atoms with Gasteiger partial charge in [0, 0.05) is 31.1 Å². The first-order chi connectivity index (χ1) is 11.3. The van der Waals surface area contributed by atoms with E-state index in [1.807, 2.05) is 53.0 Å². The van der Waals surface area contributed by atoms with Crippen molar-refractivity contribution in [3.05, 3.63) is 53.9 Å². The fraction of sp³-hybridized carbons (Fsp3) is 0.444. The van der Waals surface area contributed by atoms with Gasteiger partial charge in [0.25, 0.3) is 5.91 Å². The number of hydrogen-bond donors (Lipinski definition) is 0. The van der Waals surface area contributed by atoms with Crippen LogP contribution in [0.3, 0.4) is 0 Å². The Hall–Kier alpha value is -2.14. The van der Waals surface area contributed by atoms with Gasteiger partial charge in [-0.2, -0.15) is 5.10 Å². The zero-order valence-corrected chi connectivity index (χ0v) is 13.5. The zero-order chi connectivity index (χ0) is 16.1. The Labute approximate surface area is 136 Å². The summed E-state index contributed by atoms with van der Waals surface area (Å²) in [5.41, 5.74) is 1.83. The van der Waals surface area contributed by atoms with Crippen LogP contribution in [0, 0.1) is 0 Å². The maximum Gasteiger partial charge on any atom is 0.254 e. The van der Waals surface area contributed by atoms with E-state index in [2.05, 4.69) is 5.10 Å². The minimum atomic E-state index is 0.106. The fourth-order valence-electron chi connectivity index (χ4n) is 3.08. The quantitative estimate of drug-likeness (QED) is 0.823. The molecule has 0 aliphatic carbocycles. The third-order valence-corrected chi connectivity index (χ3v) is 4.23. The second kappa shape index (κ2) is 7.42. The van der Waals surface area contributed by atoms with Crippen LogP contribution in [-0.2, 0) is 11.3 Å². The molecule has 5 heteroatoms. The molecule has 2 heterocycles. The number of aromatic nitrogens is 2. The third kappa shape index (κ3) is 3.79. The van der Waals surface area contributed by atoms with Crippen molar-refractivity contribution in [1.82, 2.24) is 14.7 Å². The molecule has 1 aliphatic heterocycles. The van der Waals surface area contributed by atoms with Crippen molar-refractivity contribution in [2.75, 3.05) is 19.8 Å². The predicted molar refractivity (Wildman–Crippen MR) is 88.3 cm³/mol. The van der Waals surface area contributed by atoms with Gasteiger partial charge in [0.1, 0.15) is 0 Å². The molecule has 3 rings (SSSR count). The number of carbonyl (C=O) groups is 1. The second-order valence-corrected chi connectivity index (χ2v) is 5.86. The molecule has 0 saturated carbocycles. The van der Waals surface area contributed by atoms with Gasteiger partial charge in [0.15, 0.2) is 0 Å². The summed E-state index contributed by atoms with van der Waals surface area (Å²) in [5.74, 6) is 0.106. The molecule has 1 atom stereocenters. The van der Waals surface area contributed by atoms with E-state index in [0.717, 1.165) is 30.5 Å². The molecule has 1 amide bonds. The molecule has 2 aromatic rings. The smallest absolute Gasteiger partial charge is 0.254 e. The van der Waals surface area contributed by atoms with Crippen LogP contribution in [0.15, 0.2) is 42.7 Å². The van der Waals surface area contributed by atoms with Crippen molar-refractivity contribution in [3.63, 3.8) is 0 Å². The standard InChI is InChI=1S/C18H23N3O2/c1-2-23-14-17-8-4-11-21(17)18(22)16-7-3-6-15(12-16)13-20-10-5-9-19-20/h3,5-7,9-10,12,17H,2,4,8,11,13-14H2,1H3. The van der Waals surface area contributed by atoms with Gasteiger partial charge in [-0.15, -0.1) is 0 Å². The molecule has 0 spiro atoms. The van der Waals surface area contributed by atoms with Gasteiger partial charge in [-0.05, 0) is 43.5 Å². The first-order valence-corrected chi connectivity index (χ1v) is 8.23. The molecule has 1 aliphatic rings. The Kier molecular flexibility index (Phi) is 5.08. The SMILES string of the molecule is CCOCC1CCCN1C(=O)c1cccc(Cn2cccn2)c1. The number of ether oxygens (including phenoxy) is 1. The molecule has 23 heavy (non-hydrogen) atoms. The summed E-state index contributed by atoms with van der Waals surface area (Å²) >= 11 is 0. The number of hydrogen-bond acceptors (Lipinski definition) is 3. The first kappa shape index (κ1) is 15.7. The molecule has 1 unspecified atom stereocenters. The van der Waals surface area contributed by atoms with Crippen molar-refractivity contribution in [2.24, 2.45) is 0 Å². The summed E-state index contributed by atoms with van der Waals surface area (Å²) in [4.78, 5) is 14.8. The lowest BCUT2D eigenvalue weighted by Gasteiger charge is -2.24. The van der Waals surface area contributed by atoms with Crippen molar-refractivity contribution < 1.29 is 9.53 Å². The van der Waals surface area contributed by atoms with Gasteiger partial charge >= 0.3 is 0 Å². The van der Waals surface area contributed by atoms with Gasteiger partial charge in [0.2, 0.25) is 0 Å². The number of likely N-dealkylation sites (tertiary alicyclic amines) is 1. The normalized spacial score (nSPS) is 17.6. The minimum Gasteiger partial charge on any atom is -0.380 e. The van der Waals surface area contributed by atoms with Gasteiger partial charge in [-0.1, -0.05) is 12.1 Å². The highest BCUT2D eigenvalue weighted by Crippen LogP contribution is 2.21. The maximum absolute atomic E-state index is 12.8. The highest BCUT2D eigenvalue weighted by Gasteiger charge is 2.29. The minimum absolute atomic E-state index is 0.106. The van der Waals surface area contributed by atoms with Crippen molar-refractivity contribution >= 4 is 5.91 Å². The van der Waals surface area contributed by atoms with E-state index >= 15 is 0 Å². The maximum atomic E-state index is 12.8. The number of benzene rings is 1. The van der Waals surface area contributed by atoms with E-state index in [0.29, 0.717) is 19.8 Å². The van der Waals surface area contributed by atoms with Crippen LogP contribution in [0.5, 0.6) is 0 Å². The van der Waals surface area contributed by atoms with Crippen molar-refractivity contribution in [3.8, 4) is 0 Å². The Bertz CT molecular complexity index is 639. The molecule has 0 bridgehead atoms. The van der Waals surface area contributed by atoms with Crippen LogP contribution in [0.1, 0.15) is 35.7 Å². The van der Waals surface area contributed by atoms with Gasteiger partial charge in [-0.25, -0.2) is 0 Å². The van der Waals surface area contributed by atoms with Gasteiger partial charge in [-0.3, -0.25) is 9.48 Å². The lowest BCUT2D eigenvalue weighted by atomic mass is 10.1. The summed E-state index contributed by atoms with van der Waals surface area (Å²) in [6.45, 7) is 4.81. The molecule has 0 N–H and O–H groups in total. The van der Waals surface area contributed by atoms with E-state index in [1.165, 1.54) is 0 Å². The number of amides is 1. The van der Waals surface area contributed by atoms with Gasteiger partial charge in [0.05, 0.1) is 19.2 Å². The second-order valence-electron chi connectivity index (χ2n) is 5.86. The lowest BCUT2D eigenvalue weighted by molar-refractivity contribution is 0.0564. The van der Waals surface area contributed by atoms with E-state index < -0.39 is 0 Å². The summed E-state index contributed by atoms with van der Waals surface area (Å²) in [6.07, 6.45) is 5.76. The lowest BCUT2D eigenvalue weighted by Crippen LogP contribution is -2.38. The van der Waals surface area contributed by atoms with E-state index in [1.54, 1.807) is 6.20 Å². The summed E-state index contributed by atoms with van der Waals surface area (Å²) < 4.78 is 7.38. The molecule has 0 radical (unpaired) electrons. The Morgan fingerprint density at radius 2 is 2.30 bits per heavy atom. The topological polar surface area (TPSA) is 47.4 Å². The molecule has 1 saturated heterocycles. The summed E-state index contributed by atoms with van der Waals surface area (Å²) in [6, 6.07) is 9.94. The largest absolute Gasteiger partial charge is 0.380 e. The highest BCUT2D eigenvalue weighted by molar-refractivity contribution is 5.94. The fourth-order valence-corrected chi connectivity index (χ4v) is 3.08. The molecular formula is C18H23N3O2. The van der Waals surface area contributed by atoms with Crippen LogP contribution >= 0.6 is 0 Å². The van der Waals surface area contributed by atoms with E-state index in [-0.39, 0.29) is 11.9 Å². The van der Waals surface area contributed by atoms with Crippen LogP contribution in [0.2, 0.25) is 0 Å². The molecular weight excluding hydrogens is 290 g/mol. The Balaban J connectivity index is 1.71. The summed E-state index contributed by atoms with van der Waals surface area (Å²) in [7, 11) is 0. The predicted octanol–water partition coefficient (Wildman–Crippen LogP) is 2.57. The van der Waals surface area contributed by atoms with Crippen LogP contribution in [0.4, 0.5) is 0 Å². The number of rotatable bonds is 6. The average molecular weight is 313 g/mol. The molecule has 1 aromatic heterocycles. The van der Waals surface area contributed by atoms with Gasteiger partial charge < -0.3 is 9.64 Å². The molecule has 1 fully saturated rings. The molecule has 122 valence electrons. The molecule has 1 aromatic carbocycles. The molecule has 5 nitrogen and oxygen atoms in total. The highest BCUT2D eigenvalue weighted by atomic mass is 16.5. The first-order valence-electron chi connectivity index (χ1n) is 8.23. The van der Waals surface area contributed by atoms with E-state index in [9.17, 15) is 4.79 Å². The van der Waals surface area contributed by atoms with E-state index in [4.69, 9.17) is 4.74 Å². The van der Waals surface area contributed by atoms with Crippen LogP contribution in [-0.4, -0.2) is 46.4 Å². The number of carbonyl (C=O) groups excluding carboxylic acids is 1. The monoisotopic (exact) mass is 313 g/mol. The van der Waals surface area contributed by atoms with Crippen molar-refractivity contribution in [2.45, 2.75) is 32.4 Å². The van der Waals surface area contributed by atoms with Crippen LogP contribution < -0.4 is 0 Å². The number of nitrogens with zero attached hydrogens (tertiary/aromatic N) is 3. The zero-order valence-electron chi connectivity index (χ0n) is 13.5. The Morgan fingerprint density at radius 1 is 1.39 bits per heavy atom. The average Bonchev–Trinajstić information content (AvgIpc) is 3.24. The Morgan fingerprint density at radius 3 is 3.09 bits per heavy atom. The van der Waals surface area contributed by atoms with Crippen LogP contribution in [0.25, 0.3) is 0 Å².